The molecule has 0 radical (unpaired) electrons. The molecule has 1 aromatic carbocycles. The topological polar surface area (TPSA) is 142 Å². The number of aromatic nitrogens is 2. The average molecular weight is 656 g/mol. The largest absolute Gasteiger partial charge is 0.495 e. The first-order valence-electron chi connectivity index (χ1n) is 17.2. The molecular formula is C37H45N5O6. The van der Waals surface area contributed by atoms with Gasteiger partial charge in [-0.25, -0.2) is 14.8 Å². The zero-order valence-electron chi connectivity index (χ0n) is 28.0. The second-order valence-electron chi connectivity index (χ2n) is 13.8. The number of anilines is 1. The number of oxazole rings is 1. The average Bonchev–Trinajstić information content (AvgIpc) is 3.60. The Morgan fingerprint density at radius 2 is 1.83 bits per heavy atom. The van der Waals surface area contributed by atoms with Gasteiger partial charge in [-0.05, 0) is 93.0 Å². The fourth-order valence-electron chi connectivity index (χ4n) is 7.18. The molecular weight excluding hydrogens is 610 g/mol. The lowest BCUT2D eigenvalue weighted by Crippen LogP contribution is -2.54. The summed E-state index contributed by atoms with van der Waals surface area (Å²) in [6.07, 6.45) is 8.64. The number of pyridine rings is 1. The van der Waals surface area contributed by atoms with Crippen LogP contribution in [-0.4, -0.2) is 70.9 Å². The molecule has 11 heteroatoms. The van der Waals surface area contributed by atoms with Crippen molar-refractivity contribution in [3.8, 4) is 23.1 Å². The van der Waals surface area contributed by atoms with Gasteiger partial charge < -0.3 is 23.9 Å². The van der Waals surface area contributed by atoms with Crippen molar-refractivity contribution in [1.29, 1.82) is 5.26 Å². The minimum absolute atomic E-state index is 0.0502. The third-order valence-corrected chi connectivity index (χ3v) is 10.1. The number of hydrogen-bond acceptors (Lipinski definition) is 9. The lowest BCUT2D eigenvalue weighted by atomic mass is 9.78. The second-order valence-corrected chi connectivity index (χ2v) is 13.8. The summed E-state index contributed by atoms with van der Waals surface area (Å²) in [5, 5.41) is 19.1. The fraction of sp³-hybridized carbons (Fsp3) is 0.541. The van der Waals surface area contributed by atoms with Gasteiger partial charge >= 0.3 is 6.09 Å². The molecule has 0 bridgehead atoms. The van der Waals surface area contributed by atoms with Crippen LogP contribution in [-0.2, 0) is 9.53 Å². The minimum atomic E-state index is -0.473. The second kappa shape index (κ2) is 14.8. The Balaban J connectivity index is 1.15. The number of β-amino-alcohol motifs (C(OH)–C–C–N with tert-alkyl or cyclic N) is 1. The van der Waals surface area contributed by atoms with E-state index < -0.39 is 6.10 Å². The molecule has 3 aromatic rings. The van der Waals surface area contributed by atoms with Crippen molar-refractivity contribution in [2.24, 2.45) is 11.8 Å². The molecule has 6 rings (SSSR count). The summed E-state index contributed by atoms with van der Waals surface area (Å²) in [6, 6.07) is 12.0. The van der Waals surface area contributed by atoms with Gasteiger partial charge in [-0.2, -0.15) is 5.26 Å². The number of nitriles is 1. The predicted molar refractivity (Wildman–Crippen MR) is 178 cm³/mol. The normalized spacial score (nSPS) is 22.9. The van der Waals surface area contributed by atoms with Crippen LogP contribution < -0.4 is 9.64 Å². The Morgan fingerprint density at radius 3 is 2.48 bits per heavy atom. The van der Waals surface area contributed by atoms with Crippen LogP contribution in [0.2, 0.25) is 0 Å². The molecule has 0 spiro atoms. The Morgan fingerprint density at radius 1 is 1.08 bits per heavy atom. The third kappa shape index (κ3) is 7.49. The van der Waals surface area contributed by atoms with E-state index in [1.807, 2.05) is 43.0 Å². The zero-order valence-corrected chi connectivity index (χ0v) is 28.0. The van der Waals surface area contributed by atoms with Crippen molar-refractivity contribution < 1.29 is 28.6 Å². The number of carbonyl (C=O) groups excluding carboxylic acids is 2. The maximum absolute atomic E-state index is 14.3. The van der Waals surface area contributed by atoms with E-state index in [2.05, 4.69) is 17.1 Å². The van der Waals surface area contributed by atoms with Crippen LogP contribution in [0.5, 0.6) is 5.75 Å². The lowest BCUT2D eigenvalue weighted by molar-refractivity contribution is -0.124. The van der Waals surface area contributed by atoms with Gasteiger partial charge in [0.15, 0.2) is 5.89 Å². The highest BCUT2D eigenvalue weighted by atomic mass is 16.6. The molecule has 1 N–H and O–H groups in total. The highest BCUT2D eigenvalue weighted by molar-refractivity contribution is 5.94. The molecule has 2 amide bonds. The number of ether oxygens (including phenoxy) is 2. The van der Waals surface area contributed by atoms with E-state index in [-0.39, 0.29) is 29.9 Å². The van der Waals surface area contributed by atoms with Crippen LogP contribution in [0.1, 0.15) is 94.1 Å². The van der Waals surface area contributed by atoms with Gasteiger partial charge in [-0.15, -0.1) is 0 Å². The fourth-order valence-corrected chi connectivity index (χ4v) is 7.18. The summed E-state index contributed by atoms with van der Waals surface area (Å²) in [5.41, 5.74) is 3.26. The summed E-state index contributed by atoms with van der Waals surface area (Å²) >= 11 is 0. The van der Waals surface area contributed by atoms with Gasteiger partial charge in [-0.1, -0.05) is 19.9 Å². The Hall–Kier alpha value is -4.43. The SMILES string of the molecule is COc1ccc(C2CCC(CN(C(=O)C3CCC(OC(=O)N4CC(O)C4)CC3)c3cc(-c4coc(C(C)C)n4)ccn3)CC2)cc1C#N. The number of likely N-dealkylation sites (tertiary alicyclic amines) is 1. The summed E-state index contributed by atoms with van der Waals surface area (Å²) in [7, 11) is 1.58. The molecule has 0 unspecified atom stereocenters. The molecule has 11 nitrogen and oxygen atoms in total. The monoisotopic (exact) mass is 655 g/mol. The smallest absolute Gasteiger partial charge is 0.410 e. The van der Waals surface area contributed by atoms with E-state index in [1.165, 1.54) is 4.90 Å². The summed E-state index contributed by atoms with van der Waals surface area (Å²) < 4.78 is 16.7. The lowest BCUT2D eigenvalue weighted by Gasteiger charge is -2.38. The standard InChI is InChI=1S/C37H45N5O6/c1-23(2)35-40-32(22-47-35)28-14-15-39-34(17-28)42(36(44)26-8-11-31(12-9-26)48-37(45)41-20-30(43)21-41)19-24-4-6-25(7-5-24)27-10-13-33(46-3)29(16-27)18-38/h10,13-17,22-26,30-31,43H,4-9,11-12,19-21H2,1-3H3. The van der Waals surface area contributed by atoms with Crippen molar-refractivity contribution in [3.63, 3.8) is 0 Å². The van der Waals surface area contributed by atoms with E-state index in [4.69, 9.17) is 18.9 Å². The van der Waals surface area contributed by atoms with E-state index >= 15 is 0 Å². The molecule has 48 heavy (non-hydrogen) atoms. The number of amides is 2. The third-order valence-electron chi connectivity index (χ3n) is 10.1. The maximum Gasteiger partial charge on any atom is 0.410 e. The molecule has 0 atom stereocenters. The number of carbonyl (C=O) groups is 2. The van der Waals surface area contributed by atoms with E-state index in [1.54, 1.807) is 19.6 Å². The number of aliphatic hydroxyl groups excluding tert-OH is 1. The first kappa shape index (κ1) is 33.5. The number of benzene rings is 1. The predicted octanol–water partition coefficient (Wildman–Crippen LogP) is 6.42. The Kier molecular flexibility index (Phi) is 10.3. The van der Waals surface area contributed by atoms with Crippen LogP contribution in [0, 0.1) is 23.2 Å². The number of nitrogens with zero attached hydrogens (tertiary/aromatic N) is 5. The van der Waals surface area contributed by atoms with Crippen molar-refractivity contribution in [1.82, 2.24) is 14.9 Å². The highest BCUT2D eigenvalue weighted by Crippen LogP contribution is 2.39. The van der Waals surface area contributed by atoms with Gasteiger partial charge in [0.05, 0.1) is 31.9 Å². The van der Waals surface area contributed by atoms with Crippen molar-refractivity contribution >= 4 is 17.8 Å². The zero-order chi connectivity index (χ0) is 33.8. The van der Waals surface area contributed by atoms with Gasteiger partial charge in [0.1, 0.15) is 35.7 Å². The van der Waals surface area contributed by atoms with Gasteiger partial charge in [0, 0.05) is 30.1 Å². The number of hydrogen-bond donors (Lipinski definition) is 1. The van der Waals surface area contributed by atoms with E-state index in [0.717, 1.165) is 36.8 Å². The molecule has 1 aliphatic heterocycles. The molecule has 3 heterocycles. The molecule has 3 fully saturated rings. The van der Waals surface area contributed by atoms with Crippen LogP contribution in [0.3, 0.4) is 0 Å². The van der Waals surface area contributed by atoms with Gasteiger partial charge in [0.2, 0.25) is 5.91 Å². The van der Waals surface area contributed by atoms with Crippen LogP contribution >= 0.6 is 0 Å². The Labute approximate surface area is 281 Å². The minimum Gasteiger partial charge on any atom is -0.495 e. The van der Waals surface area contributed by atoms with Gasteiger partial charge in [0.25, 0.3) is 0 Å². The number of aliphatic hydroxyl groups is 1. The van der Waals surface area contributed by atoms with Crippen molar-refractivity contribution in [2.75, 3.05) is 31.6 Å². The summed E-state index contributed by atoms with van der Waals surface area (Å²) in [5.74, 6) is 2.52. The quantitative estimate of drug-likeness (QED) is 0.276. The van der Waals surface area contributed by atoms with E-state index in [9.17, 15) is 20.0 Å². The molecule has 1 saturated heterocycles. The van der Waals surface area contributed by atoms with Crippen LogP contribution in [0.15, 0.2) is 47.2 Å². The summed E-state index contributed by atoms with van der Waals surface area (Å²) in [4.78, 5) is 39.5. The maximum atomic E-state index is 14.3. The van der Waals surface area contributed by atoms with Crippen molar-refractivity contribution in [3.05, 3.63) is 59.8 Å². The number of methoxy groups -OCH3 is 1. The first-order chi connectivity index (χ1) is 23.2. The molecule has 254 valence electrons. The highest BCUT2D eigenvalue weighted by Gasteiger charge is 2.36. The molecule has 2 aromatic heterocycles. The molecule has 2 aliphatic carbocycles. The first-order valence-corrected chi connectivity index (χ1v) is 17.2. The van der Waals surface area contributed by atoms with Crippen molar-refractivity contribution in [2.45, 2.75) is 89.3 Å². The van der Waals surface area contributed by atoms with Crippen LogP contribution in [0.25, 0.3) is 11.3 Å². The van der Waals surface area contributed by atoms with Crippen LogP contribution in [0.4, 0.5) is 10.6 Å². The molecule has 2 saturated carbocycles. The number of rotatable bonds is 9. The summed E-state index contributed by atoms with van der Waals surface area (Å²) in [6.45, 7) is 5.25. The van der Waals surface area contributed by atoms with Gasteiger partial charge in [-0.3, -0.25) is 9.69 Å². The Bertz CT molecular complexity index is 1630. The molecule has 3 aliphatic rings. The van der Waals surface area contributed by atoms with E-state index in [0.29, 0.717) is 85.9 Å².